The minimum absolute atomic E-state index is 0.600. The summed E-state index contributed by atoms with van der Waals surface area (Å²) in [7, 11) is 0. The number of nitrogens with zero attached hydrogens (tertiary/aromatic N) is 5. The molecule has 0 N–H and O–H groups in total. The molecule has 6 heteroatoms. The summed E-state index contributed by atoms with van der Waals surface area (Å²) in [6.07, 6.45) is 0. The van der Waals surface area contributed by atoms with Gasteiger partial charge >= 0.3 is 0 Å². The molecule has 0 aliphatic rings. The smallest absolute Gasteiger partial charge is 0.164 e. The molecular weight excluding hydrogens is 783 g/mol. The predicted molar refractivity (Wildman–Crippen MR) is 261 cm³/mol. The van der Waals surface area contributed by atoms with Crippen molar-refractivity contribution in [3.8, 4) is 62.2 Å². The first-order valence-electron chi connectivity index (χ1n) is 21.5. The van der Waals surface area contributed by atoms with Crippen LogP contribution in [0.4, 0.5) is 0 Å². The molecule has 0 amide bonds. The zero-order chi connectivity index (χ0) is 42.1. The van der Waals surface area contributed by atoms with Gasteiger partial charge in [-0.05, 0) is 58.8 Å². The van der Waals surface area contributed by atoms with Crippen molar-refractivity contribution in [3.05, 3.63) is 212 Å². The fraction of sp³-hybridized carbons (Fsp3) is 0. The van der Waals surface area contributed by atoms with E-state index in [-0.39, 0.29) is 0 Å². The molecule has 0 bridgehead atoms. The van der Waals surface area contributed by atoms with Crippen LogP contribution in [-0.2, 0) is 0 Å². The first-order chi connectivity index (χ1) is 31.7. The third-order valence-electron chi connectivity index (χ3n) is 12.5. The Morgan fingerprint density at radius 3 is 1.55 bits per heavy atom. The minimum Gasteiger partial charge on any atom is -0.454 e. The Morgan fingerprint density at radius 2 is 0.844 bits per heavy atom. The van der Waals surface area contributed by atoms with E-state index in [2.05, 4.69) is 174 Å². The summed E-state index contributed by atoms with van der Waals surface area (Å²) in [4.78, 5) is 20.7. The van der Waals surface area contributed by atoms with Crippen molar-refractivity contribution in [1.29, 1.82) is 0 Å². The monoisotopic (exact) mass is 817 g/mol. The molecule has 0 saturated heterocycles. The Labute approximate surface area is 367 Å². The second-order valence-electron chi connectivity index (χ2n) is 16.2. The van der Waals surface area contributed by atoms with E-state index in [4.69, 9.17) is 24.4 Å². The van der Waals surface area contributed by atoms with Crippen molar-refractivity contribution in [2.24, 2.45) is 0 Å². The number of para-hydroxylation sites is 4. The summed E-state index contributed by atoms with van der Waals surface area (Å²) >= 11 is 0. The lowest BCUT2D eigenvalue weighted by molar-refractivity contribution is 0.669. The molecular formula is C58H35N5O. The average Bonchev–Trinajstić information content (AvgIpc) is 3.93. The quantitative estimate of drug-likeness (QED) is 0.167. The lowest BCUT2D eigenvalue weighted by Crippen LogP contribution is -2.00. The second kappa shape index (κ2) is 14.4. The van der Waals surface area contributed by atoms with Crippen molar-refractivity contribution in [2.45, 2.75) is 0 Å². The van der Waals surface area contributed by atoms with Gasteiger partial charge in [-0.1, -0.05) is 170 Å². The Kier molecular flexibility index (Phi) is 8.11. The van der Waals surface area contributed by atoms with Gasteiger partial charge in [0.25, 0.3) is 0 Å². The lowest BCUT2D eigenvalue weighted by atomic mass is 9.95. The maximum atomic E-state index is 6.66. The molecule has 0 atom stereocenters. The van der Waals surface area contributed by atoms with Crippen molar-refractivity contribution in [2.75, 3.05) is 0 Å². The van der Waals surface area contributed by atoms with Crippen LogP contribution in [0.1, 0.15) is 0 Å². The topological polar surface area (TPSA) is 69.6 Å². The van der Waals surface area contributed by atoms with Crippen LogP contribution in [0.3, 0.4) is 0 Å². The number of pyridine rings is 1. The zero-order valence-electron chi connectivity index (χ0n) is 34.4. The van der Waals surface area contributed by atoms with Gasteiger partial charge in [0.15, 0.2) is 23.1 Å². The third-order valence-corrected chi connectivity index (χ3v) is 12.5. The van der Waals surface area contributed by atoms with Gasteiger partial charge in [0, 0.05) is 60.4 Å². The number of furan rings is 1. The summed E-state index contributed by atoms with van der Waals surface area (Å²) in [5, 5.41) is 7.93. The van der Waals surface area contributed by atoms with Crippen LogP contribution in [0.15, 0.2) is 217 Å². The summed E-state index contributed by atoms with van der Waals surface area (Å²) in [6, 6.07) is 73.8. The Bertz CT molecular complexity index is 3890. The maximum absolute atomic E-state index is 6.66. The van der Waals surface area contributed by atoms with Gasteiger partial charge < -0.3 is 8.98 Å². The van der Waals surface area contributed by atoms with E-state index in [0.717, 1.165) is 88.4 Å². The van der Waals surface area contributed by atoms with Crippen LogP contribution in [0, 0.1) is 0 Å². The van der Waals surface area contributed by atoms with Crippen LogP contribution in [0.2, 0.25) is 0 Å². The van der Waals surface area contributed by atoms with Gasteiger partial charge in [0.2, 0.25) is 0 Å². The first kappa shape index (κ1) is 36.0. The highest BCUT2D eigenvalue weighted by atomic mass is 16.3. The molecule has 0 aliphatic carbocycles. The van der Waals surface area contributed by atoms with Gasteiger partial charge in [-0.15, -0.1) is 0 Å². The highest BCUT2D eigenvalue weighted by Crippen LogP contribution is 2.43. The van der Waals surface area contributed by atoms with Crippen LogP contribution < -0.4 is 0 Å². The normalized spacial score (nSPS) is 11.8. The Balaban J connectivity index is 0.930. The number of aromatic nitrogens is 5. The molecule has 0 unspecified atom stereocenters. The molecule has 0 spiro atoms. The first-order valence-corrected chi connectivity index (χ1v) is 21.5. The zero-order valence-corrected chi connectivity index (χ0v) is 34.4. The van der Waals surface area contributed by atoms with E-state index in [1.54, 1.807) is 0 Å². The van der Waals surface area contributed by atoms with Gasteiger partial charge in [0.1, 0.15) is 11.3 Å². The number of hydrogen-bond donors (Lipinski definition) is 0. The van der Waals surface area contributed by atoms with Crippen LogP contribution in [0.5, 0.6) is 0 Å². The molecule has 4 aromatic heterocycles. The summed E-state index contributed by atoms with van der Waals surface area (Å²) < 4.78 is 8.98. The van der Waals surface area contributed by atoms with Crippen molar-refractivity contribution in [1.82, 2.24) is 24.5 Å². The fourth-order valence-corrected chi connectivity index (χ4v) is 9.46. The van der Waals surface area contributed by atoms with Crippen LogP contribution >= 0.6 is 0 Å². The molecule has 4 heterocycles. The lowest BCUT2D eigenvalue weighted by Gasteiger charge is -2.13. The fourth-order valence-electron chi connectivity index (χ4n) is 9.46. The molecule has 13 aromatic rings. The SMILES string of the molecule is c1ccc(-c2nc(-c3ccc(-c4cccc5c4nc(-c4cccc6ccccc46)c4oc6ccccc6c45)cc3)nc(-c3ccc(-n4c5ccccc5c5ccccc54)cc3)n2)cc1. The molecule has 64 heavy (non-hydrogen) atoms. The minimum atomic E-state index is 0.600. The molecule has 13 rings (SSSR count). The van der Waals surface area contributed by atoms with E-state index >= 15 is 0 Å². The number of hydrogen-bond acceptors (Lipinski definition) is 5. The number of rotatable bonds is 6. The molecule has 6 nitrogen and oxygen atoms in total. The molecule has 0 saturated carbocycles. The third kappa shape index (κ3) is 5.73. The van der Waals surface area contributed by atoms with Crippen LogP contribution in [0.25, 0.3) is 128 Å². The predicted octanol–water partition coefficient (Wildman–Crippen LogP) is 14.9. The Hall–Kier alpha value is -8.74. The van der Waals surface area contributed by atoms with Crippen molar-refractivity contribution < 1.29 is 4.42 Å². The average molecular weight is 818 g/mol. The largest absolute Gasteiger partial charge is 0.454 e. The summed E-state index contributed by atoms with van der Waals surface area (Å²) in [5.41, 5.74) is 12.6. The van der Waals surface area contributed by atoms with E-state index < -0.39 is 0 Å². The van der Waals surface area contributed by atoms with E-state index in [0.29, 0.717) is 17.5 Å². The molecule has 9 aromatic carbocycles. The van der Waals surface area contributed by atoms with Crippen molar-refractivity contribution in [3.63, 3.8) is 0 Å². The molecule has 0 radical (unpaired) electrons. The summed E-state index contributed by atoms with van der Waals surface area (Å²) in [5.74, 6) is 1.83. The standard InChI is InChI=1S/C58H35N5O/c1-2-15-38(16-3-1)56-60-57(62-58(61-56)40-32-34-41(35-33-40)63-49-25-9-6-19-44(49)45-20-7-10-26-50(45)63)39-30-28-37(29-31-39)43-22-13-24-48-52-47-21-8-11-27-51(47)64-55(52)54(59-53(43)48)46-23-12-17-36-14-4-5-18-42(36)46/h1-35H. The molecule has 0 fully saturated rings. The van der Waals surface area contributed by atoms with E-state index in [9.17, 15) is 0 Å². The highest BCUT2D eigenvalue weighted by molar-refractivity contribution is 6.23. The summed E-state index contributed by atoms with van der Waals surface area (Å²) in [6.45, 7) is 0. The maximum Gasteiger partial charge on any atom is 0.164 e. The number of fused-ring (bicyclic) bond motifs is 9. The number of benzene rings is 9. The van der Waals surface area contributed by atoms with E-state index in [1.807, 2.05) is 42.5 Å². The van der Waals surface area contributed by atoms with E-state index in [1.165, 1.54) is 21.8 Å². The Morgan fingerprint density at radius 1 is 0.344 bits per heavy atom. The highest BCUT2D eigenvalue weighted by Gasteiger charge is 2.21. The van der Waals surface area contributed by atoms with Gasteiger partial charge in [-0.3, -0.25) is 0 Å². The van der Waals surface area contributed by atoms with Gasteiger partial charge in [-0.25, -0.2) is 19.9 Å². The van der Waals surface area contributed by atoms with Gasteiger partial charge in [-0.2, -0.15) is 0 Å². The molecule has 298 valence electrons. The second-order valence-corrected chi connectivity index (χ2v) is 16.2. The van der Waals surface area contributed by atoms with Crippen molar-refractivity contribution >= 4 is 65.4 Å². The van der Waals surface area contributed by atoms with Gasteiger partial charge in [0.05, 0.1) is 16.6 Å². The van der Waals surface area contributed by atoms with Crippen LogP contribution in [-0.4, -0.2) is 24.5 Å². The molecule has 0 aliphatic heterocycles.